The summed E-state index contributed by atoms with van der Waals surface area (Å²) in [6, 6.07) is 3.66. The molecule has 1 aromatic heterocycles. The Morgan fingerprint density at radius 2 is 2.38 bits per heavy atom. The van der Waals surface area contributed by atoms with E-state index in [-0.39, 0.29) is 0 Å². The number of nitrogens with two attached hydrogens (primary N) is 1. The molecule has 1 aliphatic carbocycles. The van der Waals surface area contributed by atoms with Gasteiger partial charge < -0.3 is 11.1 Å². The first-order valence-electron chi connectivity index (χ1n) is 4.63. The maximum atomic E-state index is 5.63. The minimum absolute atomic E-state index is 0.506. The van der Waals surface area contributed by atoms with Gasteiger partial charge in [-0.05, 0) is 24.3 Å². The fourth-order valence-corrected chi connectivity index (χ4v) is 1.24. The molecule has 0 amide bonds. The van der Waals surface area contributed by atoms with Crippen LogP contribution in [0.5, 0.6) is 0 Å². The smallest absolute Gasteiger partial charge is 0.127 e. The molecule has 1 heterocycles. The molecule has 3 heteroatoms. The highest BCUT2D eigenvalue weighted by molar-refractivity contribution is 5.48. The number of aromatic nitrogens is 1. The highest BCUT2D eigenvalue weighted by Crippen LogP contribution is 2.44. The second-order valence-corrected chi connectivity index (χ2v) is 4.14. The maximum Gasteiger partial charge on any atom is 0.127 e. The van der Waals surface area contributed by atoms with Gasteiger partial charge in [-0.15, -0.1) is 0 Å². The van der Waals surface area contributed by atoms with E-state index in [1.54, 1.807) is 12.3 Å². The summed E-state index contributed by atoms with van der Waals surface area (Å²) in [6.07, 6.45) is 4.37. The lowest BCUT2D eigenvalue weighted by atomic mass is 10.1. The van der Waals surface area contributed by atoms with Crippen LogP contribution in [0.15, 0.2) is 18.3 Å². The molecule has 0 unspecified atom stereocenters. The molecule has 0 radical (unpaired) electrons. The maximum absolute atomic E-state index is 5.63. The molecule has 0 aromatic carbocycles. The summed E-state index contributed by atoms with van der Waals surface area (Å²) in [4.78, 5) is 4.18. The Morgan fingerprint density at radius 3 is 3.00 bits per heavy atom. The standard InChI is InChI=1S/C10H15N3/c1-10(3-4-10)7-13-9-6-8(11)2-5-12-9/h2,5-6H,3-4,7H2,1H3,(H3,11,12,13). The van der Waals surface area contributed by atoms with E-state index in [0.717, 1.165) is 18.1 Å². The number of nitrogens with one attached hydrogen (secondary N) is 1. The van der Waals surface area contributed by atoms with Crippen LogP contribution in [0.2, 0.25) is 0 Å². The fraction of sp³-hybridized carbons (Fsp3) is 0.500. The summed E-state index contributed by atoms with van der Waals surface area (Å²) in [5, 5.41) is 3.30. The van der Waals surface area contributed by atoms with Gasteiger partial charge in [0.05, 0.1) is 0 Å². The highest BCUT2D eigenvalue weighted by Gasteiger charge is 2.36. The van der Waals surface area contributed by atoms with Crippen molar-refractivity contribution in [3.63, 3.8) is 0 Å². The van der Waals surface area contributed by atoms with E-state index in [9.17, 15) is 0 Å². The van der Waals surface area contributed by atoms with Crippen molar-refractivity contribution in [3.05, 3.63) is 18.3 Å². The molecule has 0 spiro atoms. The molecule has 3 nitrogen and oxygen atoms in total. The Labute approximate surface area is 78.4 Å². The predicted molar refractivity (Wildman–Crippen MR) is 54.5 cm³/mol. The SMILES string of the molecule is CC1(CNc2cc(N)ccn2)CC1. The largest absolute Gasteiger partial charge is 0.399 e. The van der Waals surface area contributed by atoms with E-state index < -0.39 is 0 Å². The Morgan fingerprint density at radius 1 is 1.62 bits per heavy atom. The van der Waals surface area contributed by atoms with E-state index in [0.29, 0.717) is 5.41 Å². The van der Waals surface area contributed by atoms with Crippen molar-refractivity contribution in [2.75, 3.05) is 17.6 Å². The lowest BCUT2D eigenvalue weighted by Crippen LogP contribution is -2.12. The quantitative estimate of drug-likeness (QED) is 0.741. The Kier molecular flexibility index (Phi) is 1.87. The number of rotatable bonds is 3. The van der Waals surface area contributed by atoms with Crippen LogP contribution >= 0.6 is 0 Å². The molecule has 70 valence electrons. The van der Waals surface area contributed by atoms with Crippen molar-refractivity contribution in [1.82, 2.24) is 4.98 Å². The van der Waals surface area contributed by atoms with Gasteiger partial charge in [-0.1, -0.05) is 6.92 Å². The molecule has 1 aromatic rings. The minimum Gasteiger partial charge on any atom is -0.399 e. The van der Waals surface area contributed by atoms with E-state index in [1.165, 1.54) is 12.8 Å². The van der Waals surface area contributed by atoms with E-state index >= 15 is 0 Å². The zero-order valence-electron chi connectivity index (χ0n) is 7.88. The summed E-state index contributed by atoms with van der Waals surface area (Å²) in [5.74, 6) is 0.883. The highest BCUT2D eigenvalue weighted by atomic mass is 15.0. The van der Waals surface area contributed by atoms with Crippen LogP contribution in [0.25, 0.3) is 0 Å². The van der Waals surface area contributed by atoms with Crippen molar-refractivity contribution in [3.8, 4) is 0 Å². The summed E-state index contributed by atoms with van der Waals surface area (Å²) in [7, 11) is 0. The molecule has 1 fully saturated rings. The van der Waals surface area contributed by atoms with Crippen LogP contribution in [0.3, 0.4) is 0 Å². The monoisotopic (exact) mass is 177 g/mol. The van der Waals surface area contributed by atoms with Crippen molar-refractivity contribution < 1.29 is 0 Å². The van der Waals surface area contributed by atoms with Gasteiger partial charge in [0.15, 0.2) is 0 Å². The first-order valence-corrected chi connectivity index (χ1v) is 4.63. The summed E-state index contributed by atoms with van der Waals surface area (Å²) in [5.41, 5.74) is 6.90. The second-order valence-electron chi connectivity index (χ2n) is 4.14. The van der Waals surface area contributed by atoms with Gasteiger partial charge in [-0.25, -0.2) is 4.98 Å². The van der Waals surface area contributed by atoms with Gasteiger partial charge >= 0.3 is 0 Å². The van der Waals surface area contributed by atoms with Crippen LogP contribution in [-0.4, -0.2) is 11.5 Å². The van der Waals surface area contributed by atoms with Gasteiger partial charge in [0, 0.05) is 24.5 Å². The van der Waals surface area contributed by atoms with Crippen LogP contribution in [0.4, 0.5) is 11.5 Å². The van der Waals surface area contributed by atoms with Gasteiger partial charge in [0.25, 0.3) is 0 Å². The Balaban J connectivity index is 1.94. The first-order chi connectivity index (χ1) is 6.18. The Bertz CT molecular complexity index is 305. The molecule has 1 saturated carbocycles. The van der Waals surface area contributed by atoms with Crippen LogP contribution in [0.1, 0.15) is 19.8 Å². The van der Waals surface area contributed by atoms with E-state index in [2.05, 4.69) is 17.2 Å². The average Bonchev–Trinajstić information content (AvgIpc) is 2.82. The third-order valence-electron chi connectivity index (χ3n) is 2.58. The van der Waals surface area contributed by atoms with E-state index in [1.807, 2.05) is 6.07 Å². The molecule has 1 aliphatic rings. The number of nitrogens with zero attached hydrogens (tertiary/aromatic N) is 1. The van der Waals surface area contributed by atoms with Crippen LogP contribution < -0.4 is 11.1 Å². The van der Waals surface area contributed by atoms with Gasteiger partial charge in [0.2, 0.25) is 0 Å². The lowest BCUT2D eigenvalue weighted by Gasteiger charge is -2.10. The molecule has 13 heavy (non-hydrogen) atoms. The molecule has 0 aliphatic heterocycles. The van der Waals surface area contributed by atoms with Crippen molar-refractivity contribution in [2.45, 2.75) is 19.8 Å². The fourth-order valence-electron chi connectivity index (χ4n) is 1.24. The molecular formula is C10H15N3. The number of hydrogen-bond acceptors (Lipinski definition) is 3. The van der Waals surface area contributed by atoms with Gasteiger partial charge in [-0.3, -0.25) is 0 Å². The third kappa shape index (κ3) is 2.11. The van der Waals surface area contributed by atoms with Crippen molar-refractivity contribution in [1.29, 1.82) is 0 Å². The number of nitrogen functional groups attached to an aromatic ring is 1. The second kappa shape index (κ2) is 2.91. The summed E-state index contributed by atoms with van der Waals surface area (Å²) >= 11 is 0. The zero-order valence-corrected chi connectivity index (χ0v) is 7.88. The summed E-state index contributed by atoms with van der Waals surface area (Å²) in [6.45, 7) is 3.29. The van der Waals surface area contributed by atoms with Crippen molar-refractivity contribution >= 4 is 11.5 Å². The molecule has 0 saturated heterocycles. The molecule has 3 N–H and O–H groups in total. The number of pyridine rings is 1. The number of anilines is 2. The van der Waals surface area contributed by atoms with Crippen LogP contribution in [-0.2, 0) is 0 Å². The zero-order chi connectivity index (χ0) is 9.31. The Hall–Kier alpha value is -1.25. The molecular weight excluding hydrogens is 162 g/mol. The van der Waals surface area contributed by atoms with Gasteiger partial charge in [-0.2, -0.15) is 0 Å². The topological polar surface area (TPSA) is 50.9 Å². The first kappa shape index (κ1) is 8.35. The van der Waals surface area contributed by atoms with Gasteiger partial charge in [0.1, 0.15) is 5.82 Å². The molecule has 0 bridgehead atoms. The van der Waals surface area contributed by atoms with Crippen molar-refractivity contribution in [2.24, 2.45) is 5.41 Å². The lowest BCUT2D eigenvalue weighted by molar-refractivity contribution is 0.609. The number of hydrogen-bond donors (Lipinski definition) is 2. The summed E-state index contributed by atoms with van der Waals surface area (Å²) < 4.78 is 0. The predicted octanol–water partition coefficient (Wildman–Crippen LogP) is 1.88. The molecule has 2 rings (SSSR count). The average molecular weight is 177 g/mol. The third-order valence-corrected chi connectivity index (χ3v) is 2.58. The van der Waals surface area contributed by atoms with Crippen LogP contribution in [0, 0.1) is 5.41 Å². The minimum atomic E-state index is 0.506. The normalized spacial score (nSPS) is 18.2. The van der Waals surface area contributed by atoms with E-state index in [4.69, 9.17) is 5.73 Å². The molecule has 0 atom stereocenters.